The van der Waals surface area contributed by atoms with Crippen LogP contribution in [0.3, 0.4) is 0 Å². The average Bonchev–Trinajstić information content (AvgIpc) is 3.21. The molecule has 0 spiro atoms. The number of hydrogen-bond acceptors (Lipinski definition) is 6. The Labute approximate surface area is 353 Å². The van der Waals surface area contributed by atoms with Crippen molar-refractivity contribution < 1.29 is 28.6 Å². The van der Waals surface area contributed by atoms with Crippen LogP contribution >= 0.6 is 0 Å². The molecule has 0 bridgehead atoms. The van der Waals surface area contributed by atoms with Crippen molar-refractivity contribution in [2.75, 3.05) is 13.2 Å². The molecule has 0 aromatic rings. The summed E-state index contributed by atoms with van der Waals surface area (Å²) in [5.74, 6) is -0.884. The van der Waals surface area contributed by atoms with Crippen LogP contribution in [0, 0.1) is 0 Å². The second-order valence-corrected chi connectivity index (χ2v) is 16.4. The minimum Gasteiger partial charge on any atom is -0.462 e. The van der Waals surface area contributed by atoms with Crippen molar-refractivity contribution in [2.45, 2.75) is 258 Å². The highest BCUT2D eigenvalue weighted by Gasteiger charge is 2.19. The number of hydrogen-bond donors (Lipinski definition) is 0. The quantitative estimate of drug-likeness (QED) is 0.0264. The van der Waals surface area contributed by atoms with E-state index in [0.717, 1.165) is 96.3 Å². The van der Waals surface area contributed by atoms with Crippen molar-refractivity contribution in [1.82, 2.24) is 0 Å². The molecule has 0 aliphatic rings. The van der Waals surface area contributed by atoms with E-state index in [1.165, 1.54) is 116 Å². The zero-order chi connectivity index (χ0) is 41.5. The molecular formula is C51H92O6. The molecule has 1 unspecified atom stereocenters. The van der Waals surface area contributed by atoms with Gasteiger partial charge in [0.1, 0.15) is 13.2 Å². The first-order chi connectivity index (χ1) is 28.0. The molecule has 0 N–H and O–H groups in total. The molecule has 332 valence electrons. The van der Waals surface area contributed by atoms with E-state index in [0.29, 0.717) is 19.3 Å². The number of carbonyl (C=O) groups excluding carboxylic acids is 3. The van der Waals surface area contributed by atoms with E-state index >= 15 is 0 Å². The summed E-state index contributed by atoms with van der Waals surface area (Å²) in [6.07, 6.45) is 52.6. The van der Waals surface area contributed by atoms with Crippen LogP contribution in [0.25, 0.3) is 0 Å². The normalized spacial score (nSPS) is 12.3. The van der Waals surface area contributed by atoms with Crippen LogP contribution in [0.4, 0.5) is 0 Å². The molecule has 0 aliphatic carbocycles. The number of unbranched alkanes of at least 4 members (excludes halogenated alkanes) is 27. The summed E-state index contributed by atoms with van der Waals surface area (Å²) in [5, 5.41) is 0. The molecule has 0 amide bonds. The Morgan fingerprint density at radius 2 is 0.684 bits per heavy atom. The third-order valence-corrected chi connectivity index (χ3v) is 10.7. The molecule has 0 rings (SSSR count). The Morgan fingerprint density at radius 3 is 1.07 bits per heavy atom. The molecule has 0 heterocycles. The standard InChI is InChI=1S/C51H92O6/c1-4-7-10-13-16-19-22-24-25-27-29-32-35-38-41-44-50(53)56-47-48(46-55-49(52)43-40-37-34-31-28-21-18-15-12-9-6-3)57-51(54)45-42-39-36-33-30-26-23-20-17-14-11-8-5-2/h7,10,16,19,24-25,48H,4-6,8-9,11-15,17-18,20-23,26-47H2,1-3H3/b10-7-,19-16-,25-24-. The largest absolute Gasteiger partial charge is 0.462 e. The predicted molar refractivity (Wildman–Crippen MR) is 242 cm³/mol. The van der Waals surface area contributed by atoms with Crippen molar-refractivity contribution >= 4 is 17.9 Å². The number of allylic oxidation sites excluding steroid dienone is 6. The second kappa shape index (κ2) is 46.3. The van der Waals surface area contributed by atoms with Crippen molar-refractivity contribution in [3.8, 4) is 0 Å². The molecule has 57 heavy (non-hydrogen) atoms. The van der Waals surface area contributed by atoms with Gasteiger partial charge >= 0.3 is 17.9 Å². The molecule has 0 saturated heterocycles. The summed E-state index contributed by atoms with van der Waals surface area (Å²) in [6, 6.07) is 0. The van der Waals surface area contributed by atoms with Crippen LogP contribution in [0.2, 0.25) is 0 Å². The van der Waals surface area contributed by atoms with E-state index in [4.69, 9.17) is 14.2 Å². The van der Waals surface area contributed by atoms with Gasteiger partial charge in [-0.1, -0.05) is 218 Å². The fourth-order valence-corrected chi connectivity index (χ4v) is 6.99. The van der Waals surface area contributed by atoms with E-state index in [9.17, 15) is 14.4 Å². The third kappa shape index (κ3) is 44.6. The van der Waals surface area contributed by atoms with Crippen LogP contribution in [0.5, 0.6) is 0 Å². The summed E-state index contributed by atoms with van der Waals surface area (Å²) >= 11 is 0. The molecule has 6 heteroatoms. The SMILES string of the molecule is CC/C=C\C/C=C\C/C=C\CCCCCCCC(=O)OCC(COC(=O)CCCCCCCCCCCCC)OC(=O)CCCCCCCCCCCCCCC. The fraction of sp³-hybridized carbons (Fsp3) is 0.824. The molecular weight excluding hydrogens is 709 g/mol. The van der Waals surface area contributed by atoms with E-state index < -0.39 is 6.10 Å². The van der Waals surface area contributed by atoms with E-state index in [1.807, 2.05) is 0 Å². The van der Waals surface area contributed by atoms with Gasteiger partial charge in [0, 0.05) is 19.3 Å². The van der Waals surface area contributed by atoms with Crippen LogP contribution in [-0.4, -0.2) is 37.2 Å². The lowest BCUT2D eigenvalue weighted by Crippen LogP contribution is -2.30. The first-order valence-corrected chi connectivity index (χ1v) is 24.5. The second-order valence-electron chi connectivity index (χ2n) is 16.4. The summed E-state index contributed by atoms with van der Waals surface area (Å²) < 4.78 is 16.7. The monoisotopic (exact) mass is 801 g/mol. The van der Waals surface area contributed by atoms with E-state index in [1.54, 1.807) is 0 Å². The van der Waals surface area contributed by atoms with Gasteiger partial charge in [0.25, 0.3) is 0 Å². The fourth-order valence-electron chi connectivity index (χ4n) is 6.99. The van der Waals surface area contributed by atoms with Gasteiger partial charge in [-0.05, 0) is 51.4 Å². The van der Waals surface area contributed by atoms with Gasteiger partial charge in [-0.3, -0.25) is 14.4 Å². The molecule has 1 atom stereocenters. The summed E-state index contributed by atoms with van der Waals surface area (Å²) in [7, 11) is 0. The van der Waals surface area contributed by atoms with Crippen molar-refractivity contribution in [2.24, 2.45) is 0 Å². The average molecular weight is 801 g/mol. The lowest BCUT2D eigenvalue weighted by atomic mass is 10.0. The molecule has 0 fully saturated rings. The Balaban J connectivity index is 4.37. The van der Waals surface area contributed by atoms with Crippen molar-refractivity contribution in [3.63, 3.8) is 0 Å². The van der Waals surface area contributed by atoms with Crippen LogP contribution in [0.15, 0.2) is 36.5 Å². The van der Waals surface area contributed by atoms with Crippen LogP contribution in [-0.2, 0) is 28.6 Å². The highest BCUT2D eigenvalue weighted by Crippen LogP contribution is 2.15. The van der Waals surface area contributed by atoms with Gasteiger partial charge in [-0.2, -0.15) is 0 Å². The summed E-state index contributed by atoms with van der Waals surface area (Å²) in [5.41, 5.74) is 0. The highest BCUT2D eigenvalue weighted by atomic mass is 16.6. The maximum Gasteiger partial charge on any atom is 0.306 e. The Hall–Kier alpha value is -2.37. The third-order valence-electron chi connectivity index (χ3n) is 10.7. The Kier molecular flexibility index (Phi) is 44.4. The minimum atomic E-state index is -0.772. The predicted octanol–water partition coefficient (Wildman–Crippen LogP) is 15.8. The molecule has 0 saturated carbocycles. The van der Waals surface area contributed by atoms with Gasteiger partial charge in [0.15, 0.2) is 6.10 Å². The highest BCUT2D eigenvalue weighted by molar-refractivity contribution is 5.71. The Morgan fingerprint density at radius 1 is 0.368 bits per heavy atom. The smallest absolute Gasteiger partial charge is 0.306 e. The zero-order valence-corrected chi connectivity index (χ0v) is 37.9. The summed E-state index contributed by atoms with van der Waals surface area (Å²) in [6.45, 7) is 6.51. The van der Waals surface area contributed by atoms with Crippen molar-refractivity contribution in [3.05, 3.63) is 36.5 Å². The van der Waals surface area contributed by atoms with Gasteiger partial charge in [-0.15, -0.1) is 0 Å². The van der Waals surface area contributed by atoms with Gasteiger partial charge in [0.05, 0.1) is 0 Å². The van der Waals surface area contributed by atoms with Gasteiger partial charge < -0.3 is 14.2 Å². The number of rotatable bonds is 44. The molecule has 0 aromatic heterocycles. The number of esters is 3. The molecule has 0 aromatic carbocycles. The van der Waals surface area contributed by atoms with E-state index in [-0.39, 0.29) is 31.1 Å². The maximum atomic E-state index is 12.7. The summed E-state index contributed by atoms with van der Waals surface area (Å²) in [4.78, 5) is 37.8. The first-order valence-electron chi connectivity index (χ1n) is 24.5. The van der Waals surface area contributed by atoms with Crippen LogP contribution < -0.4 is 0 Å². The number of carbonyl (C=O) groups is 3. The molecule has 0 aliphatic heterocycles. The Bertz CT molecular complexity index is 969. The minimum absolute atomic E-state index is 0.0739. The zero-order valence-electron chi connectivity index (χ0n) is 37.9. The van der Waals surface area contributed by atoms with Gasteiger partial charge in [0.2, 0.25) is 0 Å². The lowest BCUT2D eigenvalue weighted by molar-refractivity contribution is -0.167. The maximum absolute atomic E-state index is 12.7. The first kappa shape index (κ1) is 54.6. The van der Waals surface area contributed by atoms with E-state index in [2.05, 4.69) is 57.2 Å². The topological polar surface area (TPSA) is 78.9 Å². The van der Waals surface area contributed by atoms with Gasteiger partial charge in [-0.25, -0.2) is 0 Å². The molecule has 0 radical (unpaired) electrons. The lowest BCUT2D eigenvalue weighted by Gasteiger charge is -2.18. The number of ether oxygens (including phenoxy) is 3. The molecule has 6 nitrogen and oxygen atoms in total. The van der Waals surface area contributed by atoms with Crippen molar-refractivity contribution in [1.29, 1.82) is 0 Å². The van der Waals surface area contributed by atoms with Crippen LogP contribution in [0.1, 0.15) is 252 Å².